The van der Waals surface area contributed by atoms with Gasteiger partial charge >= 0.3 is 0 Å². The number of hydrogen-bond donors (Lipinski definition) is 2. The number of benzene rings is 2. The number of primary amides is 1. The second-order valence-corrected chi connectivity index (χ2v) is 10.2. The van der Waals surface area contributed by atoms with Crippen molar-refractivity contribution in [3.8, 4) is 22.5 Å². The number of carbonyl (C=O) groups is 1. The van der Waals surface area contributed by atoms with E-state index in [0.29, 0.717) is 74.9 Å². The van der Waals surface area contributed by atoms with Gasteiger partial charge < -0.3 is 16.0 Å². The van der Waals surface area contributed by atoms with Crippen molar-refractivity contribution in [2.45, 2.75) is 25.3 Å². The Morgan fingerprint density at radius 3 is 2.29 bits per heavy atom. The fraction of sp³-hybridized carbons (Fsp3) is 0.292. The number of piperidine rings is 1. The van der Waals surface area contributed by atoms with E-state index in [2.05, 4.69) is 26.1 Å². The summed E-state index contributed by atoms with van der Waals surface area (Å²) in [4.78, 5) is 24.2. The molecule has 6 nitrogen and oxygen atoms in total. The lowest BCUT2D eigenvalue weighted by Crippen LogP contribution is -2.61. The van der Waals surface area contributed by atoms with Crippen LogP contribution in [-0.4, -0.2) is 41.0 Å². The molecule has 1 aromatic heterocycles. The molecular formula is C24H23BrCl3N5O. The molecule has 10 heteroatoms. The minimum atomic E-state index is -0.712. The maximum atomic E-state index is 12.2. The lowest BCUT2D eigenvalue weighted by atomic mass is 9.86. The third-order valence-electron chi connectivity index (χ3n) is 6.04. The summed E-state index contributed by atoms with van der Waals surface area (Å²) in [7, 11) is 0. The summed E-state index contributed by atoms with van der Waals surface area (Å²) < 4.78 is 0.598. The first-order chi connectivity index (χ1) is 16.2. The molecule has 0 unspecified atom stereocenters. The van der Waals surface area contributed by atoms with E-state index in [1.807, 2.05) is 37.3 Å². The average molecular weight is 584 g/mol. The van der Waals surface area contributed by atoms with Gasteiger partial charge in [0.05, 0.1) is 10.7 Å². The van der Waals surface area contributed by atoms with Crippen LogP contribution in [0.25, 0.3) is 22.5 Å². The van der Waals surface area contributed by atoms with Crippen molar-refractivity contribution in [3.63, 3.8) is 0 Å². The second-order valence-electron chi connectivity index (χ2n) is 8.13. The van der Waals surface area contributed by atoms with Crippen LogP contribution < -0.4 is 16.0 Å². The fourth-order valence-corrected chi connectivity index (χ4v) is 5.38. The molecule has 3 N–H and O–H groups in total. The van der Waals surface area contributed by atoms with Gasteiger partial charge in [-0.25, -0.2) is 9.97 Å². The summed E-state index contributed by atoms with van der Waals surface area (Å²) in [5.74, 6) is 0.346. The monoisotopic (exact) mass is 581 g/mol. The van der Waals surface area contributed by atoms with Crippen LogP contribution in [0.5, 0.6) is 0 Å². The third kappa shape index (κ3) is 5.04. The molecule has 1 aliphatic heterocycles. The molecule has 34 heavy (non-hydrogen) atoms. The maximum Gasteiger partial charge on any atom is 0.237 e. The van der Waals surface area contributed by atoms with Gasteiger partial charge in [0.2, 0.25) is 5.91 Å². The van der Waals surface area contributed by atoms with Gasteiger partial charge in [-0.05, 0) is 65.6 Å². The van der Waals surface area contributed by atoms with Crippen LogP contribution in [0.1, 0.15) is 19.8 Å². The van der Waals surface area contributed by atoms with E-state index in [-0.39, 0.29) is 5.91 Å². The number of nitrogens with two attached hydrogens (primary N) is 1. The van der Waals surface area contributed by atoms with Crippen LogP contribution in [0, 0.1) is 0 Å². The van der Waals surface area contributed by atoms with Crippen LogP contribution in [-0.2, 0) is 4.79 Å². The van der Waals surface area contributed by atoms with E-state index in [1.54, 1.807) is 12.1 Å². The quantitative estimate of drug-likeness (QED) is 0.374. The number of aromatic nitrogens is 2. The van der Waals surface area contributed by atoms with Crippen molar-refractivity contribution in [2.24, 2.45) is 5.73 Å². The molecule has 1 amide bonds. The van der Waals surface area contributed by atoms with Gasteiger partial charge in [-0.15, -0.1) is 0 Å². The second kappa shape index (κ2) is 10.4. The van der Waals surface area contributed by atoms with E-state index < -0.39 is 5.54 Å². The molecule has 1 fully saturated rings. The normalized spacial score (nSPS) is 15.4. The number of hydrogen-bond acceptors (Lipinski definition) is 5. The first-order valence-electron chi connectivity index (χ1n) is 10.8. The smallest absolute Gasteiger partial charge is 0.237 e. The number of nitrogens with zero attached hydrogens (tertiary/aromatic N) is 3. The summed E-state index contributed by atoms with van der Waals surface area (Å²) >= 11 is 22.4. The first kappa shape index (κ1) is 25.2. The Hall–Kier alpha value is -1.90. The Kier molecular flexibility index (Phi) is 7.69. The molecule has 2 heterocycles. The van der Waals surface area contributed by atoms with Crippen LogP contribution in [0.4, 0.5) is 5.82 Å². The Labute approximate surface area is 221 Å². The van der Waals surface area contributed by atoms with E-state index in [9.17, 15) is 4.79 Å². The van der Waals surface area contributed by atoms with E-state index in [1.165, 1.54) is 0 Å². The molecular weight excluding hydrogens is 561 g/mol. The van der Waals surface area contributed by atoms with Gasteiger partial charge in [-0.1, -0.05) is 53.9 Å². The number of carbonyl (C=O) groups excluding carboxylic acids is 1. The van der Waals surface area contributed by atoms with Gasteiger partial charge in [-0.2, -0.15) is 0 Å². The highest BCUT2D eigenvalue weighted by atomic mass is 79.9. The molecule has 4 rings (SSSR count). The number of nitrogens with one attached hydrogen (secondary N) is 1. The molecule has 178 valence electrons. The predicted molar refractivity (Wildman–Crippen MR) is 143 cm³/mol. The Balaban J connectivity index is 1.78. The minimum absolute atomic E-state index is 0.328. The molecule has 0 atom stereocenters. The number of likely N-dealkylation sites (N-methyl/N-ethyl adjacent to an activating group) is 1. The van der Waals surface area contributed by atoms with E-state index >= 15 is 0 Å². The molecule has 1 saturated heterocycles. The van der Waals surface area contributed by atoms with Crippen molar-refractivity contribution in [2.75, 3.05) is 24.5 Å². The Morgan fingerprint density at radius 2 is 1.71 bits per heavy atom. The van der Waals surface area contributed by atoms with Gasteiger partial charge in [0.25, 0.3) is 0 Å². The summed E-state index contributed by atoms with van der Waals surface area (Å²) in [5.41, 5.74) is 7.87. The van der Waals surface area contributed by atoms with Crippen molar-refractivity contribution >= 4 is 62.5 Å². The molecule has 0 radical (unpaired) electrons. The van der Waals surface area contributed by atoms with Gasteiger partial charge in [0.15, 0.2) is 5.82 Å². The van der Waals surface area contributed by atoms with Crippen molar-refractivity contribution in [3.05, 3.63) is 62.1 Å². The standard InChI is InChI=1S/C24H23BrCl3N5O/c1-2-30-24(23(29)34)9-11-33(12-10-24)22-21(25)31-19(14-3-5-15(26)6-4-14)20(32-22)17-8-7-16(27)13-18(17)28/h3-8,13,30H,2,9-12H2,1H3,(H2,29,34). The maximum absolute atomic E-state index is 12.2. The zero-order chi connectivity index (χ0) is 24.5. The molecule has 0 saturated carbocycles. The van der Waals surface area contributed by atoms with Gasteiger partial charge in [0.1, 0.15) is 15.8 Å². The largest absolute Gasteiger partial charge is 0.368 e. The zero-order valence-corrected chi connectivity index (χ0v) is 22.3. The Morgan fingerprint density at radius 1 is 1.06 bits per heavy atom. The zero-order valence-electron chi connectivity index (χ0n) is 18.4. The summed E-state index contributed by atoms with van der Waals surface area (Å²) in [6.07, 6.45) is 1.14. The lowest BCUT2D eigenvalue weighted by molar-refractivity contribution is -0.125. The number of amides is 1. The summed E-state index contributed by atoms with van der Waals surface area (Å²) in [5, 5.41) is 4.92. The molecule has 1 aliphatic rings. The first-order valence-corrected chi connectivity index (χ1v) is 12.8. The van der Waals surface area contributed by atoms with Crippen molar-refractivity contribution < 1.29 is 4.79 Å². The topological polar surface area (TPSA) is 84.1 Å². The van der Waals surface area contributed by atoms with Crippen LogP contribution >= 0.6 is 50.7 Å². The summed E-state index contributed by atoms with van der Waals surface area (Å²) in [6, 6.07) is 12.7. The van der Waals surface area contributed by atoms with Crippen molar-refractivity contribution in [1.82, 2.24) is 15.3 Å². The highest BCUT2D eigenvalue weighted by Gasteiger charge is 2.40. The van der Waals surface area contributed by atoms with Gasteiger partial charge in [-0.3, -0.25) is 4.79 Å². The number of halogens is 4. The van der Waals surface area contributed by atoms with Crippen LogP contribution in [0.3, 0.4) is 0 Å². The minimum Gasteiger partial charge on any atom is -0.368 e. The van der Waals surface area contributed by atoms with Gasteiger partial charge in [0, 0.05) is 34.3 Å². The van der Waals surface area contributed by atoms with Crippen LogP contribution in [0.15, 0.2) is 47.1 Å². The lowest BCUT2D eigenvalue weighted by Gasteiger charge is -2.40. The molecule has 0 bridgehead atoms. The highest BCUT2D eigenvalue weighted by molar-refractivity contribution is 9.10. The average Bonchev–Trinajstić information content (AvgIpc) is 2.80. The van der Waals surface area contributed by atoms with Crippen molar-refractivity contribution in [1.29, 1.82) is 0 Å². The molecule has 0 aliphatic carbocycles. The SMILES string of the molecule is CCNC1(C(N)=O)CCN(c2nc(-c3ccc(Cl)cc3Cl)c(-c3ccc(Cl)cc3)nc2Br)CC1. The number of anilines is 1. The fourth-order valence-electron chi connectivity index (χ4n) is 4.23. The number of rotatable bonds is 6. The Bertz CT molecular complexity index is 1210. The summed E-state index contributed by atoms with van der Waals surface area (Å²) in [6.45, 7) is 3.83. The van der Waals surface area contributed by atoms with Crippen LogP contribution in [0.2, 0.25) is 15.1 Å². The molecule has 2 aromatic carbocycles. The molecule has 0 spiro atoms. The van der Waals surface area contributed by atoms with E-state index in [4.69, 9.17) is 50.5 Å². The highest BCUT2D eigenvalue weighted by Crippen LogP contribution is 2.39. The predicted octanol–water partition coefficient (Wildman–Crippen LogP) is 5.97. The molecule has 3 aromatic rings. The van der Waals surface area contributed by atoms with E-state index in [0.717, 1.165) is 5.56 Å². The third-order valence-corrected chi connectivity index (χ3v) is 7.38.